The molecule has 0 unspecified atom stereocenters. The summed E-state index contributed by atoms with van der Waals surface area (Å²) < 4.78 is 0. The van der Waals surface area contributed by atoms with Gasteiger partial charge in [0.2, 0.25) is 0 Å². The van der Waals surface area contributed by atoms with Crippen molar-refractivity contribution in [3.05, 3.63) is 47.9 Å². The minimum atomic E-state index is -0.146. The zero-order valence-electron chi connectivity index (χ0n) is 13.6. The molecule has 1 amide bonds. The molecule has 23 heavy (non-hydrogen) atoms. The molecule has 0 aliphatic carbocycles. The van der Waals surface area contributed by atoms with Crippen LogP contribution in [0.15, 0.2) is 36.7 Å². The molecule has 1 aromatic heterocycles. The molecular weight excluding hydrogens is 288 g/mol. The van der Waals surface area contributed by atoms with Crippen LogP contribution in [0, 0.1) is 5.92 Å². The lowest BCUT2D eigenvalue weighted by molar-refractivity contribution is 0.0944. The minimum absolute atomic E-state index is 0.146. The molecule has 0 bridgehead atoms. The van der Waals surface area contributed by atoms with Crippen LogP contribution >= 0.6 is 0 Å². The highest BCUT2D eigenvalue weighted by Crippen LogP contribution is 2.32. The summed E-state index contributed by atoms with van der Waals surface area (Å²) in [6.07, 6.45) is 3.63. The number of hydrogen-bond donors (Lipinski definition) is 1. The van der Waals surface area contributed by atoms with Crippen LogP contribution in [0.2, 0.25) is 0 Å². The van der Waals surface area contributed by atoms with E-state index >= 15 is 0 Å². The summed E-state index contributed by atoms with van der Waals surface area (Å²) in [5, 5.41) is 2.90. The van der Waals surface area contributed by atoms with Crippen LogP contribution in [-0.4, -0.2) is 29.0 Å². The van der Waals surface area contributed by atoms with Crippen molar-refractivity contribution in [2.24, 2.45) is 5.92 Å². The van der Waals surface area contributed by atoms with Gasteiger partial charge < -0.3 is 10.2 Å². The summed E-state index contributed by atoms with van der Waals surface area (Å²) in [5.74, 6) is 1.05. The third kappa shape index (κ3) is 3.50. The third-order valence-corrected chi connectivity index (χ3v) is 3.94. The Morgan fingerprint density at radius 3 is 2.96 bits per heavy atom. The largest absolute Gasteiger partial charge is 0.350 e. The summed E-state index contributed by atoms with van der Waals surface area (Å²) in [4.78, 5) is 22.9. The lowest BCUT2D eigenvalue weighted by Crippen LogP contribution is -2.29. The van der Waals surface area contributed by atoms with Gasteiger partial charge in [0.25, 0.3) is 5.91 Å². The number of nitrogens with one attached hydrogen (secondary N) is 1. The first kappa shape index (κ1) is 15.5. The van der Waals surface area contributed by atoms with Gasteiger partial charge in [-0.1, -0.05) is 32.0 Å². The number of aromatic nitrogens is 2. The van der Waals surface area contributed by atoms with E-state index in [1.807, 2.05) is 6.07 Å². The van der Waals surface area contributed by atoms with Crippen molar-refractivity contribution in [2.75, 3.05) is 18.0 Å². The first-order valence-corrected chi connectivity index (χ1v) is 8.11. The molecule has 2 heterocycles. The minimum Gasteiger partial charge on any atom is -0.350 e. The SMILES string of the molecule is CC(C)CNC(=O)c1cc(N2CCCc3ccccc32)ncn1. The monoisotopic (exact) mass is 310 g/mol. The number of benzene rings is 1. The molecule has 1 aliphatic rings. The number of fused-ring (bicyclic) bond motifs is 1. The fourth-order valence-electron chi connectivity index (χ4n) is 2.78. The molecule has 0 radical (unpaired) electrons. The van der Waals surface area contributed by atoms with Gasteiger partial charge in [-0.05, 0) is 30.4 Å². The second kappa shape index (κ2) is 6.77. The van der Waals surface area contributed by atoms with Gasteiger partial charge in [0, 0.05) is 24.8 Å². The summed E-state index contributed by atoms with van der Waals surface area (Å²) in [6.45, 7) is 5.68. The van der Waals surface area contributed by atoms with Crippen molar-refractivity contribution in [1.29, 1.82) is 0 Å². The zero-order valence-corrected chi connectivity index (χ0v) is 13.6. The molecule has 1 aromatic carbocycles. The number of carbonyl (C=O) groups excluding carboxylic acids is 1. The van der Waals surface area contributed by atoms with Crippen molar-refractivity contribution in [1.82, 2.24) is 15.3 Å². The van der Waals surface area contributed by atoms with Gasteiger partial charge in [0.1, 0.15) is 17.8 Å². The van der Waals surface area contributed by atoms with E-state index in [-0.39, 0.29) is 5.91 Å². The molecular formula is C18H22N4O. The highest BCUT2D eigenvalue weighted by atomic mass is 16.1. The quantitative estimate of drug-likeness (QED) is 0.943. The third-order valence-electron chi connectivity index (χ3n) is 3.94. The van der Waals surface area contributed by atoms with Crippen LogP contribution in [0.4, 0.5) is 11.5 Å². The molecule has 120 valence electrons. The van der Waals surface area contributed by atoms with E-state index in [0.29, 0.717) is 18.2 Å². The topological polar surface area (TPSA) is 58.1 Å². The van der Waals surface area contributed by atoms with Crippen molar-refractivity contribution in [3.63, 3.8) is 0 Å². The van der Waals surface area contributed by atoms with Crippen LogP contribution < -0.4 is 10.2 Å². The van der Waals surface area contributed by atoms with Gasteiger partial charge in [-0.2, -0.15) is 0 Å². The number of amides is 1. The molecule has 0 saturated carbocycles. The Morgan fingerprint density at radius 1 is 1.30 bits per heavy atom. The highest BCUT2D eigenvalue weighted by molar-refractivity contribution is 5.93. The summed E-state index contributed by atoms with van der Waals surface area (Å²) in [6, 6.07) is 10.1. The fraction of sp³-hybridized carbons (Fsp3) is 0.389. The summed E-state index contributed by atoms with van der Waals surface area (Å²) in [7, 11) is 0. The number of aryl methyl sites for hydroxylation is 1. The predicted molar refractivity (Wildman–Crippen MR) is 91.0 cm³/mol. The van der Waals surface area contributed by atoms with Crippen LogP contribution in [0.3, 0.4) is 0 Å². The van der Waals surface area contributed by atoms with Crippen LogP contribution in [0.1, 0.15) is 36.3 Å². The summed E-state index contributed by atoms with van der Waals surface area (Å²) in [5.41, 5.74) is 2.91. The van der Waals surface area contributed by atoms with Crippen molar-refractivity contribution >= 4 is 17.4 Å². The van der Waals surface area contributed by atoms with Gasteiger partial charge in [0.15, 0.2) is 0 Å². The van der Waals surface area contributed by atoms with E-state index in [9.17, 15) is 4.79 Å². The van der Waals surface area contributed by atoms with Gasteiger partial charge in [-0.15, -0.1) is 0 Å². The Hall–Kier alpha value is -2.43. The normalized spacial score (nSPS) is 13.8. The molecule has 1 aliphatic heterocycles. The second-order valence-electron chi connectivity index (χ2n) is 6.25. The average molecular weight is 310 g/mol. The molecule has 5 nitrogen and oxygen atoms in total. The first-order chi connectivity index (χ1) is 11.1. The molecule has 0 fully saturated rings. The molecule has 0 atom stereocenters. The molecule has 5 heteroatoms. The van der Waals surface area contributed by atoms with E-state index in [4.69, 9.17) is 0 Å². The number of para-hydroxylation sites is 1. The molecule has 1 N–H and O–H groups in total. The molecule has 2 aromatic rings. The van der Waals surface area contributed by atoms with Crippen molar-refractivity contribution < 1.29 is 4.79 Å². The zero-order chi connectivity index (χ0) is 16.2. The van der Waals surface area contributed by atoms with E-state index < -0.39 is 0 Å². The van der Waals surface area contributed by atoms with Gasteiger partial charge in [-0.25, -0.2) is 9.97 Å². The Kier molecular flexibility index (Phi) is 4.55. The molecule has 3 rings (SSSR count). The van der Waals surface area contributed by atoms with E-state index in [1.165, 1.54) is 17.6 Å². The molecule has 0 spiro atoms. The predicted octanol–water partition coefficient (Wildman–Crippen LogP) is 2.95. The van der Waals surface area contributed by atoms with Crippen molar-refractivity contribution in [3.8, 4) is 0 Å². The maximum Gasteiger partial charge on any atom is 0.270 e. The Morgan fingerprint density at radius 2 is 2.13 bits per heavy atom. The van der Waals surface area contributed by atoms with Crippen LogP contribution in [0.5, 0.6) is 0 Å². The number of hydrogen-bond acceptors (Lipinski definition) is 4. The number of nitrogens with zero attached hydrogens (tertiary/aromatic N) is 3. The van der Waals surface area contributed by atoms with Crippen LogP contribution in [-0.2, 0) is 6.42 Å². The Balaban J connectivity index is 1.85. The highest BCUT2D eigenvalue weighted by Gasteiger charge is 2.20. The maximum atomic E-state index is 12.2. The smallest absolute Gasteiger partial charge is 0.270 e. The Bertz CT molecular complexity index is 699. The maximum absolute atomic E-state index is 12.2. The van der Waals surface area contributed by atoms with Gasteiger partial charge in [0.05, 0.1) is 0 Å². The number of anilines is 2. The van der Waals surface area contributed by atoms with Crippen molar-refractivity contribution in [2.45, 2.75) is 26.7 Å². The summed E-state index contributed by atoms with van der Waals surface area (Å²) >= 11 is 0. The van der Waals surface area contributed by atoms with E-state index in [2.05, 4.69) is 52.2 Å². The van der Waals surface area contributed by atoms with Gasteiger partial charge >= 0.3 is 0 Å². The second-order valence-corrected chi connectivity index (χ2v) is 6.25. The number of rotatable bonds is 4. The van der Waals surface area contributed by atoms with E-state index in [0.717, 1.165) is 25.2 Å². The van der Waals surface area contributed by atoms with E-state index in [1.54, 1.807) is 6.07 Å². The molecule has 0 saturated heterocycles. The lowest BCUT2D eigenvalue weighted by atomic mass is 10.0. The Labute approximate surface area is 136 Å². The standard InChI is InChI=1S/C18H22N4O/c1-13(2)11-19-18(23)15-10-17(21-12-20-15)22-9-5-7-14-6-3-4-8-16(14)22/h3-4,6,8,10,12-13H,5,7,9,11H2,1-2H3,(H,19,23). The first-order valence-electron chi connectivity index (χ1n) is 8.11. The fourth-order valence-corrected chi connectivity index (χ4v) is 2.78. The average Bonchev–Trinajstić information content (AvgIpc) is 2.59. The van der Waals surface area contributed by atoms with Crippen LogP contribution in [0.25, 0.3) is 0 Å². The number of carbonyl (C=O) groups is 1. The van der Waals surface area contributed by atoms with Gasteiger partial charge in [-0.3, -0.25) is 4.79 Å². The lowest BCUT2D eigenvalue weighted by Gasteiger charge is -2.30.